The van der Waals surface area contributed by atoms with Crippen LogP contribution in [0.2, 0.25) is 0 Å². The van der Waals surface area contributed by atoms with E-state index in [1.165, 1.54) is 11.1 Å². The van der Waals surface area contributed by atoms with Crippen molar-refractivity contribution >= 4 is 0 Å². The van der Waals surface area contributed by atoms with Gasteiger partial charge in [0.15, 0.2) is 0 Å². The number of aliphatic hydroxyl groups excluding tert-OH is 1. The van der Waals surface area contributed by atoms with Crippen LogP contribution in [0.3, 0.4) is 0 Å². The lowest BCUT2D eigenvalue weighted by atomic mass is 9.96. The summed E-state index contributed by atoms with van der Waals surface area (Å²) in [5.41, 5.74) is 9.08. The van der Waals surface area contributed by atoms with E-state index >= 15 is 0 Å². The fraction of sp³-hybridized carbons (Fsp3) is 0.538. The van der Waals surface area contributed by atoms with Crippen LogP contribution in [0.25, 0.3) is 0 Å². The number of nitrogens with two attached hydrogens (primary N) is 1. The Kier molecular flexibility index (Phi) is 3.46. The molecular formula is C13H19NO2. The lowest BCUT2D eigenvalue weighted by Gasteiger charge is -2.16. The Morgan fingerprint density at radius 2 is 2.12 bits per heavy atom. The lowest BCUT2D eigenvalue weighted by molar-refractivity contribution is 0.169. The second-order valence-electron chi connectivity index (χ2n) is 4.26. The number of ether oxygens (including phenoxy) is 1. The summed E-state index contributed by atoms with van der Waals surface area (Å²) in [6.45, 7) is 0.516. The van der Waals surface area contributed by atoms with Crippen LogP contribution < -0.4 is 10.5 Å². The van der Waals surface area contributed by atoms with E-state index in [4.69, 9.17) is 10.5 Å². The Morgan fingerprint density at radius 1 is 1.38 bits per heavy atom. The molecule has 0 heterocycles. The van der Waals surface area contributed by atoms with Gasteiger partial charge in [0.05, 0.1) is 13.2 Å². The number of methoxy groups -OCH3 is 1. The molecule has 0 bridgehead atoms. The number of fused-ring (bicyclic) bond motifs is 1. The van der Waals surface area contributed by atoms with Crippen LogP contribution in [0.1, 0.15) is 35.6 Å². The van der Waals surface area contributed by atoms with Crippen molar-refractivity contribution in [3.05, 3.63) is 28.8 Å². The van der Waals surface area contributed by atoms with Crippen molar-refractivity contribution in [3.8, 4) is 5.75 Å². The van der Waals surface area contributed by atoms with Crippen LogP contribution in [0.15, 0.2) is 12.1 Å². The SMILES string of the molecule is COc1ccc(C(O)CCN)c2c1CCC2. The van der Waals surface area contributed by atoms with Gasteiger partial charge < -0.3 is 15.6 Å². The van der Waals surface area contributed by atoms with E-state index in [-0.39, 0.29) is 0 Å². The van der Waals surface area contributed by atoms with Crippen LogP contribution in [-0.4, -0.2) is 18.8 Å². The average molecular weight is 221 g/mol. The summed E-state index contributed by atoms with van der Waals surface area (Å²) in [6, 6.07) is 3.93. The zero-order valence-electron chi connectivity index (χ0n) is 9.70. The van der Waals surface area contributed by atoms with Crippen molar-refractivity contribution in [3.63, 3.8) is 0 Å². The van der Waals surface area contributed by atoms with Gasteiger partial charge in [-0.2, -0.15) is 0 Å². The van der Waals surface area contributed by atoms with Crippen molar-refractivity contribution in [2.24, 2.45) is 5.73 Å². The van der Waals surface area contributed by atoms with Crippen LogP contribution >= 0.6 is 0 Å². The molecule has 3 heteroatoms. The Labute approximate surface area is 96.2 Å². The molecule has 1 aromatic carbocycles. The van der Waals surface area contributed by atoms with Gasteiger partial charge in [0, 0.05) is 0 Å². The van der Waals surface area contributed by atoms with Crippen molar-refractivity contribution in [1.29, 1.82) is 0 Å². The topological polar surface area (TPSA) is 55.5 Å². The molecule has 16 heavy (non-hydrogen) atoms. The maximum atomic E-state index is 10.0. The van der Waals surface area contributed by atoms with Gasteiger partial charge >= 0.3 is 0 Å². The van der Waals surface area contributed by atoms with Crippen molar-refractivity contribution in [2.75, 3.05) is 13.7 Å². The van der Waals surface area contributed by atoms with Gasteiger partial charge in [0.1, 0.15) is 5.75 Å². The van der Waals surface area contributed by atoms with E-state index in [1.54, 1.807) is 7.11 Å². The maximum absolute atomic E-state index is 10.0. The molecule has 2 rings (SSSR count). The molecule has 0 amide bonds. The lowest BCUT2D eigenvalue weighted by Crippen LogP contribution is -2.09. The highest BCUT2D eigenvalue weighted by atomic mass is 16.5. The highest BCUT2D eigenvalue weighted by Gasteiger charge is 2.22. The van der Waals surface area contributed by atoms with E-state index in [1.807, 2.05) is 12.1 Å². The summed E-state index contributed by atoms with van der Waals surface area (Å²) in [7, 11) is 1.70. The first-order chi connectivity index (χ1) is 7.77. The molecule has 88 valence electrons. The van der Waals surface area contributed by atoms with Crippen LogP contribution in [0.5, 0.6) is 5.75 Å². The van der Waals surface area contributed by atoms with Gasteiger partial charge in [-0.25, -0.2) is 0 Å². The largest absolute Gasteiger partial charge is 0.496 e. The molecule has 0 aromatic heterocycles. The molecule has 3 nitrogen and oxygen atoms in total. The predicted molar refractivity (Wildman–Crippen MR) is 63.7 cm³/mol. The van der Waals surface area contributed by atoms with Crippen LogP contribution in [0.4, 0.5) is 0 Å². The average Bonchev–Trinajstić information content (AvgIpc) is 2.76. The third-order valence-corrected chi connectivity index (χ3v) is 3.30. The second kappa shape index (κ2) is 4.85. The van der Waals surface area contributed by atoms with Gasteiger partial charge in [0.2, 0.25) is 0 Å². The fourth-order valence-electron chi connectivity index (χ4n) is 2.52. The summed E-state index contributed by atoms with van der Waals surface area (Å²) < 4.78 is 5.35. The molecule has 0 aliphatic heterocycles. The van der Waals surface area contributed by atoms with Crippen molar-refractivity contribution < 1.29 is 9.84 Å². The minimum absolute atomic E-state index is 0.428. The fourth-order valence-corrected chi connectivity index (χ4v) is 2.52. The zero-order valence-corrected chi connectivity index (χ0v) is 9.70. The molecule has 1 aliphatic carbocycles. The van der Waals surface area contributed by atoms with Crippen LogP contribution in [-0.2, 0) is 12.8 Å². The molecule has 3 N–H and O–H groups in total. The Hall–Kier alpha value is -1.06. The summed E-state index contributed by atoms with van der Waals surface area (Å²) in [5, 5.41) is 10.0. The summed E-state index contributed by atoms with van der Waals surface area (Å²) >= 11 is 0. The van der Waals surface area contributed by atoms with Gasteiger partial charge in [0.25, 0.3) is 0 Å². The van der Waals surface area contributed by atoms with E-state index in [0.717, 1.165) is 30.6 Å². The first-order valence-corrected chi connectivity index (χ1v) is 5.84. The molecular weight excluding hydrogens is 202 g/mol. The number of hydrogen-bond acceptors (Lipinski definition) is 3. The number of benzene rings is 1. The highest BCUT2D eigenvalue weighted by Crippen LogP contribution is 2.36. The molecule has 0 saturated carbocycles. The van der Waals surface area contributed by atoms with Crippen molar-refractivity contribution in [1.82, 2.24) is 0 Å². The maximum Gasteiger partial charge on any atom is 0.122 e. The molecule has 0 spiro atoms. The normalized spacial score (nSPS) is 15.9. The molecule has 0 radical (unpaired) electrons. The third-order valence-electron chi connectivity index (χ3n) is 3.30. The number of aliphatic hydroxyl groups is 1. The first kappa shape index (κ1) is 11.4. The number of hydrogen-bond donors (Lipinski definition) is 2. The highest BCUT2D eigenvalue weighted by molar-refractivity contribution is 5.48. The molecule has 1 unspecified atom stereocenters. The quantitative estimate of drug-likeness (QED) is 0.811. The minimum atomic E-state index is -0.428. The molecule has 0 saturated heterocycles. The minimum Gasteiger partial charge on any atom is -0.496 e. The van der Waals surface area contributed by atoms with Gasteiger partial charge in [-0.05, 0) is 55.0 Å². The Bertz CT molecular complexity index is 376. The van der Waals surface area contributed by atoms with Gasteiger partial charge in [-0.15, -0.1) is 0 Å². The summed E-state index contributed by atoms with van der Waals surface area (Å²) in [6.07, 6.45) is 3.45. The van der Waals surface area contributed by atoms with Crippen LogP contribution in [0, 0.1) is 0 Å². The van der Waals surface area contributed by atoms with E-state index in [0.29, 0.717) is 13.0 Å². The number of rotatable bonds is 4. The van der Waals surface area contributed by atoms with Gasteiger partial charge in [-0.1, -0.05) is 6.07 Å². The Balaban J connectivity index is 2.37. The molecule has 1 aliphatic rings. The smallest absolute Gasteiger partial charge is 0.122 e. The first-order valence-electron chi connectivity index (χ1n) is 5.84. The summed E-state index contributed by atoms with van der Waals surface area (Å²) in [5.74, 6) is 0.955. The molecule has 0 fully saturated rings. The molecule has 1 aromatic rings. The zero-order chi connectivity index (χ0) is 11.5. The second-order valence-corrected chi connectivity index (χ2v) is 4.26. The van der Waals surface area contributed by atoms with E-state index in [2.05, 4.69) is 0 Å². The van der Waals surface area contributed by atoms with Gasteiger partial charge in [-0.3, -0.25) is 0 Å². The predicted octanol–water partition coefficient (Wildman–Crippen LogP) is 1.57. The summed E-state index contributed by atoms with van der Waals surface area (Å²) in [4.78, 5) is 0. The molecule has 1 atom stereocenters. The van der Waals surface area contributed by atoms with E-state index < -0.39 is 6.10 Å². The third kappa shape index (κ3) is 1.93. The van der Waals surface area contributed by atoms with E-state index in [9.17, 15) is 5.11 Å². The Morgan fingerprint density at radius 3 is 2.81 bits per heavy atom. The van der Waals surface area contributed by atoms with Crippen molar-refractivity contribution in [2.45, 2.75) is 31.8 Å². The standard InChI is InChI=1S/C13H19NO2/c1-16-13-6-5-10(12(15)7-8-14)9-3-2-4-11(9)13/h5-6,12,15H,2-4,7-8,14H2,1H3. The monoisotopic (exact) mass is 221 g/mol.